The standard InChI is InChI=1S/C17H15ClN4O2/c1-22-17(24)14-5-3-2-4-13(14)15(21-22)9-16(23)20-10-12-8-11(18)6-7-19-12/h2-8H,9-10H2,1H3,(H,20,23). The normalized spacial score (nSPS) is 10.8. The van der Waals surface area contributed by atoms with Crippen LogP contribution in [-0.2, 0) is 24.8 Å². The Bertz CT molecular complexity index is 968. The van der Waals surface area contributed by atoms with Crippen molar-refractivity contribution >= 4 is 28.3 Å². The van der Waals surface area contributed by atoms with Gasteiger partial charge in [0.2, 0.25) is 5.91 Å². The van der Waals surface area contributed by atoms with E-state index in [-0.39, 0.29) is 24.4 Å². The number of fused-ring (bicyclic) bond motifs is 1. The number of aromatic nitrogens is 3. The summed E-state index contributed by atoms with van der Waals surface area (Å²) >= 11 is 5.89. The fraction of sp³-hybridized carbons (Fsp3) is 0.176. The highest BCUT2D eigenvalue weighted by atomic mass is 35.5. The molecule has 0 radical (unpaired) electrons. The van der Waals surface area contributed by atoms with E-state index in [0.717, 1.165) is 0 Å². The molecule has 0 spiro atoms. The second-order valence-corrected chi connectivity index (χ2v) is 5.78. The first-order chi connectivity index (χ1) is 11.5. The first-order valence-corrected chi connectivity index (χ1v) is 7.74. The monoisotopic (exact) mass is 342 g/mol. The molecule has 7 heteroatoms. The van der Waals surface area contributed by atoms with Crippen LogP contribution in [0.2, 0.25) is 5.02 Å². The van der Waals surface area contributed by atoms with Crippen LogP contribution in [0.3, 0.4) is 0 Å². The molecule has 0 saturated heterocycles. The fourth-order valence-electron chi connectivity index (χ4n) is 2.46. The number of hydrogen-bond acceptors (Lipinski definition) is 4. The van der Waals surface area contributed by atoms with E-state index in [0.29, 0.717) is 27.2 Å². The lowest BCUT2D eigenvalue weighted by atomic mass is 10.1. The van der Waals surface area contributed by atoms with E-state index in [1.165, 1.54) is 4.68 Å². The summed E-state index contributed by atoms with van der Waals surface area (Å²) in [5.41, 5.74) is 1.05. The molecule has 0 aliphatic rings. The Morgan fingerprint density at radius 3 is 2.75 bits per heavy atom. The predicted molar refractivity (Wildman–Crippen MR) is 91.8 cm³/mol. The predicted octanol–water partition coefficient (Wildman–Crippen LogP) is 1.84. The molecule has 2 heterocycles. The van der Waals surface area contributed by atoms with E-state index in [1.807, 2.05) is 6.07 Å². The Labute approximate surface area is 143 Å². The third-order valence-electron chi connectivity index (χ3n) is 3.61. The van der Waals surface area contributed by atoms with Crippen LogP contribution in [0, 0.1) is 0 Å². The van der Waals surface area contributed by atoms with Gasteiger partial charge in [-0.05, 0) is 18.2 Å². The molecule has 24 heavy (non-hydrogen) atoms. The second-order valence-electron chi connectivity index (χ2n) is 5.34. The van der Waals surface area contributed by atoms with E-state index in [2.05, 4.69) is 15.4 Å². The van der Waals surface area contributed by atoms with Crippen LogP contribution < -0.4 is 10.9 Å². The maximum Gasteiger partial charge on any atom is 0.274 e. The van der Waals surface area contributed by atoms with Gasteiger partial charge >= 0.3 is 0 Å². The highest BCUT2D eigenvalue weighted by Gasteiger charge is 2.12. The smallest absolute Gasteiger partial charge is 0.274 e. The van der Waals surface area contributed by atoms with Gasteiger partial charge in [-0.1, -0.05) is 29.8 Å². The molecule has 2 aromatic heterocycles. The molecule has 3 rings (SSSR count). The van der Waals surface area contributed by atoms with Gasteiger partial charge in [0.1, 0.15) is 0 Å². The molecule has 1 amide bonds. The summed E-state index contributed by atoms with van der Waals surface area (Å²) in [5, 5.41) is 8.81. The van der Waals surface area contributed by atoms with E-state index in [1.54, 1.807) is 43.6 Å². The summed E-state index contributed by atoms with van der Waals surface area (Å²) in [6.07, 6.45) is 1.67. The third kappa shape index (κ3) is 3.44. The topological polar surface area (TPSA) is 76.9 Å². The van der Waals surface area contributed by atoms with E-state index in [4.69, 9.17) is 11.6 Å². The third-order valence-corrected chi connectivity index (χ3v) is 3.84. The summed E-state index contributed by atoms with van der Waals surface area (Å²) in [6, 6.07) is 10.5. The molecule has 3 aromatic rings. The Morgan fingerprint density at radius 2 is 2.00 bits per heavy atom. The van der Waals surface area contributed by atoms with Crippen molar-refractivity contribution in [2.75, 3.05) is 0 Å². The van der Waals surface area contributed by atoms with Crippen LogP contribution in [0.25, 0.3) is 10.8 Å². The van der Waals surface area contributed by atoms with Gasteiger partial charge in [-0.2, -0.15) is 5.10 Å². The molecule has 122 valence electrons. The van der Waals surface area contributed by atoms with Gasteiger partial charge in [-0.3, -0.25) is 14.6 Å². The highest BCUT2D eigenvalue weighted by molar-refractivity contribution is 6.30. The van der Waals surface area contributed by atoms with E-state index in [9.17, 15) is 9.59 Å². The maximum atomic E-state index is 12.2. The number of carbonyl (C=O) groups excluding carboxylic acids is 1. The van der Waals surface area contributed by atoms with Gasteiger partial charge in [-0.25, -0.2) is 4.68 Å². The number of carbonyl (C=O) groups is 1. The molecule has 1 N–H and O–H groups in total. The summed E-state index contributed by atoms with van der Waals surface area (Å²) in [7, 11) is 1.58. The number of pyridine rings is 1. The number of rotatable bonds is 4. The van der Waals surface area contributed by atoms with Crippen molar-refractivity contribution in [3.63, 3.8) is 0 Å². The molecular formula is C17H15ClN4O2. The molecule has 0 unspecified atom stereocenters. The molecule has 0 saturated carbocycles. The Balaban J connectivity index is 1.78. The number of nitrogens with zero attached hydrogens (tertiary/aromatic N) is 3. The molecule has 0 aliphatic carbocycles. The van der Waals surface area contributed by atoms with Crippen molar-refractivity contribution in [3.8, 4) is 0 Å². The van der Waals surface area contributed by atoms with Crippen molar-refractivity contribution in [1.82, 2.24) is 20.1 Å². The first kappa shape index (κ1) is 16.1. The second kappa shape index (κ2) is 6.80. The lowest BCUT2D eigenvalue weighted by molar-refractivity contribution is -0.120. The van der Waals surface area contributed by atoms with Crippen LogP contribution in [-0.4, -0.2) is 20.7 Å². The zero-order chi connectivity index (χ0) is 17.1. The van der Waals surface area contributed by atoms with Gasteiger partial charge in [0.25, 0.3) is 5.56 Å². The highest BCUT2D eigenvalue weighted by Crippen LogP contribution is 2.13. The molecule has 0 bridgehead atoms. The lowest BCUT2D eigenvalue weighted by Crippen LogP contribution is -2.28. The minimum Gasteiger partial charge on any atom is -0.350 e. The largest absolute Gasteiger partial charge is 0.350 e. The Morgan fingerprint density at radius 1 is 1.25 bits per heavy atom. The molecule has 0 atom stereocenters. The van der Waals surface area contributed by atoms with Crippen LogP contribution in [0.5, 0.6) is 0 Å². The van der Waals surface area contributed by atoms with Crippen molar-refractivity contribution in [2.45, 2.75) is 13.0 Å². The van der Waals surface area contributed by atoms with Crippen LogP contribution in [0.1, 0.15) is 11.4 Å². The van der Waals surface area contributed by atoms with Crippen LogP contribution in [0.15, 0.2) is 47.4 Å². The van der Waals surface area contributed by atoms with E-state index < -0.39 is 0 Å². The van der Waals surface area contributed by atoms with Crippen molar-refractivity contribution in [2.24, 2.45) is 7.05 Å². The quantitative estimate of drug-likeness (QED) is 0.785. The van der Waals surface area contributed by atoms with Crippen LogP contribution >= 0.6 is 11.6 Å². The zero-order valence-electron chi connectivity index (χ0n) is 13.0. The molecular weight excluding hydrogens is 328 g/mol. The molecule has 0 aliphatic heterocycles. The average molecular weight is 343 g/mol. The van der Waals surface area contributed by atoms with Crippen LogP contribution in [0.4, 0.5) is 0 Å². The molecule has 1 aromatic carbocycles. The minimum atomic E-state index is -0.201. The van der Waals surface area contributed by atoms with Crippen molar-refractivity contribution in [3.05, 3.63) is 69.4 Å². The summed E-state index contributed by atoms with van der Waals surface area (Å²) in [5.74, 6) is -0.201. The van der Waals surface area contributed by atoms with Gasteiger partial charge < -0.3 is 5.32 Å². The molecule has 0 fully saturated rings. The summed E-state index contributed by atoms with van der Waals surface area (Å²) in [6.45, 7) is 0.281. The Kier molecular flexibility index (Phi) is 4.57. The van der Waals surface area contributed by atoms with E-state index >= 15 is 0 Å². The number of benzene rings is 1. The van der Waals surface area contributed by atoms with Gasteiger partial charge in [-0.15, -0.1) is 0 Å². The zero-order valence-corrected chi connectivity index (χ0v) is 13.7. The van der Waals surface area contributed by atoms with Gasteiger partial charge in [0.05, 0.1) is 29.7 Å². The number of halogens is 1. The number of hydrogen-bond donors (Lipinski definition) is 1. The summed E-state index contributed by atoms with van der Waals surface area (Å²) < 4.78 is 1.25. The fourth-order valence-corrected chi connectivity index (χ4v) is 2.64. The summed E-state index contributed by atoms with van der Waals surface area (Å²) in [4.78, 5) is 28.4. The number of nitrogens with one attached hydrogen (secondary N) is 1. The number of amides is 1. The van der Waals surface area contributed by atoms with Crippen molar-refractivity contribution in [1.29, 1.82) is 0 Å². The molecule has 6 nitrogen and oxygen atoms in total. The first-order valence-electron chi connectivity index (χ1n) is 7.36. The maximum absolute atomic E-state index is 12.2. The SMILES string of the molecule is Cn1nc(CC(=O)NCc2cc(Cl)ccn2)c2ccccc2c1=O. The van der Waals surface area contributed by atoms with Gasteiger partial charge in [0.15, 0.2) is 0 Å². The average Bonchev–Trinajstić information content (AvgIpc) is 2.58. The lowest BCUT2D eigenvalue weighted by Gasteiger charge is -2.09. The Hall–Kier alpha value is -2.73. The number of aryl methyl sites for hydroxylation is 1. The minimum absolute atomic E-state index is 0.0786. The van der Waals surface area contributed by atoms with Crippen molar-refractivity contribution < 1.29 is 4.79 Å². The van der Waals surface area contributed by atoms with Gasteiger partial charge in [0, 0.05) is 23.7 Å².